The number of piperidine rings is 1. The Hall–Kier alpha value is -1.75. The SMILES string of the molecule is COc1cccc(C(=O)NC2C(C)CCNC2C)c1OC. The summed E-state index contributed by atoms with van der Waals surface area (Å²) in [5.41, 5.74) is 0.502. The Bertz CT molecular complexity index is 494. The maximum atomic E-state index is 12.6. The van der Waals surface area contributed by atoms with Gasteiger partial charge in [-0.3, -0.25) is 4.79 Å². The van der Waals surface area contributed by atoms with Crippen LogP contribution in [0.5, 0.6) is 11.5 Å². The van der Waals surface area contributed by atoms with Crippen LogP contribution in [0.1, 0.15) is 30.6 Å². The largest absolute Gasteiger partial charge is 0.493 e. The second kappa shape index (κ2) is 6.80. The van der Waals surface area contributed by atoms with Crippen LogP contribution in [-0.2, 0) is 0 Å². The van der Waals surface area contributed by atoms with Crippen LogP contribution in [0.15, 0.2) is 18.2 Å². The van der Waals surface area contributed by atoms with E-state index < -0.39 is 0 Å². The molecule has 116 valence electrons. The molecule has 2 N–H and O–H groups in total. The zero-order chi connectivity index (χ0) is 15.4. The van der Waals surface area contributed by atoms with E-state index in [2.05, 4.69) is 24.5 Å². The molecule has 1 heterocycles. The van der Waals surface area contributed by atoms with E-state index >= 15 is 0 Å². The minimum absolute atomic E-state index is 0.113. The van der Waals surface area contributed by atoms with Crippen LogP contribution in [0, 0.1) is 5.92 Å². The van der Waals surface area contributed by atoms with E-state index in [0.29, 0.717) is 23.0 Å². The average molecular weight is 292 g/mol. The highest BCUT2D eigenvalue weighted by atomic mass is 16.5. The molecule has 1 amide bonds. The van der Waals surface area contributed by atoms with Crippen molar-refractivity contribution in [2.75, 3.05) is 20.8 Å². The smallest absolute Gasteiger partial charge is 0.255 e. The van der Waals surface area contributed by atoms with E-state index in [9.17, 15) is 4.79 Å². The molecule has 5 heteroatoms. The fourth-order valence-corrected chi connectivity index (χ4v) is 2.90. The number of hydrogen-bond donors (Lipinski definition) is 2. The van der Waals surface area contributed by atoms with Gasteiger partial charge in [0.15, 0.2) is 11.5 Å². The number of carbonyl (C=O) groups is 1. The molecule has 3 unspecified atom stereocenters. The molecule has 0 radical (unpaired) electrons. The van der Waals surface area contributed by atoms with Gasteiger partial charge in [-0.25, -0.2) is 0 Å². The molecule has 1 aromatic rings. The van der Waals surface area contributed by atoms with Gasteiger partial charge in [0, 0.05) is 12.1 Å². The summed E-state index contributed by atoms with van der Waals surface area (Å²) in [7, 11) is 3.11. The summed E-state index contributed by atoms with van der Waals surface area (Å²) in [6.07, 6.45) is 1.06. The summed E-state index contributed by atoms with van der Waals surface area (Å²) in [6, 6.07) is 5.70. The highest BCUT2D eigenvalue weighted by Gasteiger charge is 2.29. The van der Waals surface area contributed by atoms with Gasteiger partial charge in [-0.05, 0) is 37.9 Å². The highest BCUT2D eigenvalue weighted by Crippen LogP contribution is 2.31. The van der Waals surface area contributed by atoms with E-state index in [1.807, 2.05) is 0 Å². The molecule has 0 aliphatic carbocycles. The number of amides is 1. The first kappa shape index (κ1) is 15.6. The van der Waals surface area contributed by atoms with Gasteiger partial charge in [0.2, 0.25) is 0 Å². The molecule has 0 saturated carbocycles. The monoisotopic (exact) mass is 292 g/mol. The van der Waals surface area contributed by atoms with Crippen molar-refractivity contribution in [1.29, 1.82) is 0 Å². The Morgan fingerprint density at radius 2 is 2.05 bits per heavy atom. The minimum Gasteiger partial charge on any atom is -0.493 e. The van der Waals surface area contributed by atoms with E-state index in [0.717, 1.165) is 13.0 Å². The maximum absolute atomic E-state index is 12.6. The van der Waals surface area contributed by atoms with Crippen molar-refractivity contribution in [2.45, 2.75) is 32.4 Å². The van der Waals surface area contributed by atoms with E-state index in [1.54, 1.807) is 32.4 Å². The predicted octanol–water partition coefficient (Wildman–Crippen LogP) is 1.82. The number of hydrogen-bond acceptors (Lipinski definition) is 4. The fraction of sp³-hybridized carbons (Fsp3) is 0.562. The molecule has 5 nitrogen and oxygen atoms in total. The van der Waals surface area contributed by atoms with Crippen LogP contribution < -0.4 is 20.1 Å². The second-order valence-corrected chi connectivity index (χ2v) is 5.55. The summed E-state index contributed by atoms with van der Waals surface area (Å²) in [6.45, 7) is 5.27. The van der Waals surface area contributed by atoms with Crippen LogP contribution >= 0.6 is 0 Å². The van der Waals surface area contributed by atoms with E-state index in [1.165, 1.54) is 0 Å². The van der Waals surface area contributed by atoms with Gasteiger partial charge >= 0.3 is 0 Å². The van der Waals surface area contributed by atoms with Gasteiger partial charge in [-0.15, -0.1) is 0 Å². The molecule has 1 aliphatic rings. The number of rotatable bonds is 4. The van der Waals surface area contributed by atoms with Gasteiger partial charge in [-0.1, -0.05) is 13.0 Å². The molecule has 21 heavy (non-hydrogen) atoms. The average Bonchev–Trinajstić information content (AvgIpc) is 2.49. The molecule has 1 aromatic carbocycles. The number of nitrogens with one attached hydrogen (secondary N) is 2. The number of carbonyl (C=O) groups excluding carboxylic acids is 1. The van der Waals surface area contributed by atoms with E-state index in [4.69, 9.17) is 9.47 Å². The van der Waals surface area contributed by atoms with Crippen molar-refractivity contribution in [3.05, 3.63) is 23.8 Å². The topological polar surface area (TPSA) is 59.6 Å². The maximum Gasteiger partial charge on any atom is 0.255 e. The fourth-order valence-electron chi connectivity index (χ4n) is 2.90. The number of methoxy groups -OCH3 is 2. The number of para-hydroxylation sites is 1. The zero-order valence-corrected chi connectivity index (χ0v) is 13.1. The molecule has 1 aliphatic heterocycles. The lowest BCUT2D eigenvalue weighted by atomic mass is 9.89. The molecule has 0 bridgehead atoms. The Morgan fingerprint density at radius 3 is 2.67 bits per heavy atom. The number of benzene rings is 1. The van der Waals surface area contributed by atoms with Crippen LogP contribution in [0.25, 0.3) is 0 Å². The Labute approximate surface area is 126 Å². The van der Waals surface area contributed by atoms with Crippen molar-refractivity contribution >= 4 is 5.91 Å². The molecule has 0 spiro atoms. The third kappa shape index (κ3) is 3.29. The van der Waals surface area contributed by atoms with Crippen LogP contribution in [0.4, 0.5) is 0 Å². The molecule has 1 saturated heterocycles. The van der Waals surface area contributed by atoms with Crippen LogP contribution in [0.2, 0.25) is 0 Å². The van der Waals surface area contributed by atoms with Crippen molar-refractivity contribution in [3.8, 4) is 11.5 Å². The lowest BCUT2D eigenvalue weighted by molar-refractivity contribution is 0.0894. The standard InChI is InChI=1S/C16H24N2O3/c1-10-8-9-17-11(2)14(10)18-16(19)12-6-5-7-13(20-3)15(12)21-4/h5-7,10-11,14,17H,8-9H2,1-4H3,(H,18,19). The molecule has 2 rings (SSSR count). The van der Waals surface area contributed by atoms with Gasteiger partial charge in [0.25, 0.3) is 5.91 Å². The third-order valence-corrected chi connectivity index (χ3v) is 4.16. The van der Waals surface area contributed by atoms with Gasteiger partial charge in [0.05, 0.1) is 19.8 Å². The molecule has 0 aromatic heterocycles. The van der Waals surface area contributed by atoms with Gasteiger partial charge < -0.3 is 20.1 Å². The minimum atomic E-state index is -0.127. The summed E-state index contributed by atoms with van der Waals surface area (Å²) < 4.78 is 10.6. The quantitative estimate of drug-likeness (QED) is 0.889. The van der Waals surface area contributed by atoms with Crippen LogP contribution in [-0.4, -0.2) is 38.8 Å². The molecular weight excluding hydrogens is 268 g/mol. The summed E-state index contributed by atoms with van der Waals surface area (Å²) in [4.78, 5) is 12.6. The normalized spacial score (nSPS) is 25.2. The van der Waals surface area contributed by atoms with Crippen molar-refractivity contribution in [2.24, 2.45) is 5.92 Å². The van der Waals surface area contributed by atoms with Crippen molar-refractivity contribution in [3.63, 3.8) is 0 Å². The predicted molar refractivity (Wildman–Crippen MR) is 82.0 cm³/mol. The summed E-state index contributed by atoms with van der Waals surface area (Å²) in [5.74, 6) is 1.36. The third-order valence-electron chi connectivity index (χ3n) is 4.16. The molecule has 1 fully saturated rings. The first-order valence-electron chi connectivity index (χ1n) is 7.33. The van der Waals surface area contributed by atoms with E-state index in [-0.39, 0.29) is 18.0 Å². The highest BCUT2D eigenvalue weighted by molar-refractivity contribution is 5.98. The summed E-state index contributed by atoms with van der Waals surface area (Å²) >= 11 is 0. The lowest BCUT2D eigenvalue weighted by Crippen LogP contribution is -2.55. The molecule has 3 atom stereocenters. The van der Waals surface area contributed by atoms with Gasteiger partial charge in [-0.2, -0.15) is 0 Å². The first-order chi connectivity index (χ1) is 10.1. The van der Waals surface area contributed by atoms with Crippen molar-refractivity contribution < 1.29 is 14.3 Å². The lowest BCUT2D eigenvalue weighted by Gasteiger charge is -2.36. The Balaban J connectivity index is 2.20. The molecular formula is C16H24N2O3. The second-order valence-electron chi connectivity index (χ2n) is 5.55. The number of ether oxygens (including phenoxy) is 2. The Kier molecular flexibility index (Phi) is 5.07. The Morgan fingerprint density at radius 1 is 1.29 bits per heavy atom. The van der Waals surface area contributed by atoms with Crippen molar-refractivity contribution in [1.82, 2.24) is 10.6 Å². The first-order valence-corrected chi connectivity index (χ1v) is 7.33. The van der Waals surface area contributed by atoms with Gasteiger partial charge in [0.1, 0.15) is 0 Å². The zero-order valence-electron chi connectivity index (χ0n) is 13.1. The summed E-state index contributed by atoms with van der Waals surface area (Å²) in [5, 5.41) is 6.52. The van der Waals surface area contributed by atoms with Crippen LogP contribution in [0.3, 0.4) is 0 Å².